The second-order valence-electron chi connectivity index (χ2n) is 18.2. The topological polar surface area (TPSA) is 92.7 Å². The zero-order chi connectivity index (χ0) is 36.0. The molecule has 50 heavy (non-hydrogen) atoms. The van der Waals surface area contributed by atoms with Crippen LogP contribution in [0.5, 0.6) is 0 Å². The Balaban J connectivity index is 1.10. The maximum absolute atomic E-state index is 12.8. The van der Waals surface area contributed by atoms with Crippen molar-refractivity contribution in [3.8, 4) is 0 Å². The number of carboxylic acids is 1. The molecule has 0 aromatic carbocycles. The Hall–Kier alpha value is -1.59. The number of ether oxygens (including phenoxy) is 1. The molecule has 4 aliphatic rings. The van der Waals surface area contributed by atoms with E-state index in [0.717, 1.165) is 49.9 Å². The molecule has 288 valence electrons. The van der Waals surface area contributed by atoms with Crippen LogP contribution in [0.1, 0.15) is 201 Å². The van der Waals surface area contributed by atoms with E-state index in [2.05, 4.69) is 33.0 Å². The van der Waals surface area contributed by atoms with E-state index in [4.69, 9.17) is 9.84 Å². The van der Waals surface area contributed by atoms with Crippen LogP contribution in [0.4, 0.5) is 0 Å². The van der Waals surface area contributed by atoms with Gasteiger partial charge in [0.15, 0.2) is 0 Å². The number of carbonyl (C=O) groups is 3. The van der Waals surface area contributed by atoms with Gasteiger partial charge in [-0.2, -0.15) is 0 Å². The van der Waals surface area contributed by atoms with Crippen LogP contribution in [0.25, 0.3) is 0 Å². The van der Waals surface area contributed by atoms with Crippen molar-refractivity contribution in [3.05, 3.63) is 0 Å². The quantitative estimate of drug-likeness (QED) is 0.0818. The summed E-state index contributed by atoms with van der Waals surface area (Å²) in [6.45, 7) is 9.48. The molecule has 0 radical (unpaired) electrons. The van der Waals surface area contributed by atoms with E-state index in [1.54, 1.807) is 0 Å². The van der Waals surface area contributed by atoms with Crippen LogP contribution in [-0.2, 0) is 19.1 Å². The van der Waals surface area contributed by atoms with Crippen molar-refractivity contribution in [2.24, 2.45) is 46.3 Å². The van der Waals surface area contributed by atoms with Gasteiger partial charge in [0.25, 0.3) is 0 Å². The number of unbranched alkanes of at least 4 members (excludes halogenated alkanes) is 14. The second-order valence-corrected chi connectivity index (χ2v) is 18.2. The lowest BCUT2D eigenvalue weighted by atomic mass is 9.44. The minimum atomic E-state index is -0.988. The molecule has 2 N–H and O–H groups in total. The summed E-state index contributed by atoms with van der Waals surface area (Å²) in [5, 5.41) is 11.4. The third-order valence-electron chi connectivity index (χ3n) is 14.9. The van der Waals surface area contributed by atoms with Crippen LogP contribution in [0.2, 0.25) is 0 Å². The molecular formula is C44H77NO5. The zero-order valence-electron chi connectivity index (χ0n) is 32.9. The van der Waals surface area contributed by atoms with Gasteiger partial charge in [-0.15, -0.1) is 0 Å². The second kappa shape index (κ2) is 20.6. The van der Waals surface area contributed by atoms with Crippen molar-refractivity contribution < 1.29 is 24.2 Å². The van der Waals surface area contributed by atoms with Crippen LogP contribution < -0.4 is 5.32 Å². The summed E-state index contributed by atoms with van der Waals surface area (Å²) in [6, 6.07) is 0. The lowest BCUT2D eigenvalue weighted by Crippen LogP contribution is -2.54. The Labute approximate surface area is 306 Å². The first-order valence-corrected chi connectivity index (χ1v) is 21.8. The highest BCUT2D eigenvalue weighted by atomic mass is 16.5. The van der Waals surface area contributed by atoms with Gasteiger partial charge in [0.1, 0.15) is 12.6 Å². The molecule has 4 aliphatic carbocycles. The molecule has 0 aromatic rings. The maximum atomic E-state index is 12.8. The zero-order valence-corrected chi connectivity index (χ0v) is 32.9. The fourth-order valence-corrected chi connectivity index (χ4v) is 12.0. The average molecular weight is 700 g/mol. The number of carbonyl (C=O) groups excluding carboxylic acids is 2. The lowest BCUT2D eigenvalue weighted by molar-refractivity contribution is -0.162. The monoisotopic (exact) mass is 700 g/mol. The average Bonchev–Trinajstić information content (AvgIpc) is 3.45. The Morgan fingerprint density at radius 1 is 0.720 bits per heavy atom. The van der Waals surface area contributed by atoms with Crippen molar-refractivity contribution in [2.45, 2.75) is 207 Å². The number of esters is 1. The molecule has 0 bridgehead atoms. The molecule has 9 unspecified atom stereocenters. The van der Waals surface area contributed by atoms with Gasteiger partial charge in [0.05, 0.1) is 0 Å². The van der Waals surface area contributed by atoms with Gasteiger partial charge in [0, 0.05) is 12.8 Å². The molecule has 4 saturated carbocycles. The van der Waals surface area contributed by atoms with Gasteiger partial charge in [-0.3, -0.25) is 14.4 Å². The van der Waals surface area contributed by atoms with E-state index in [0.29, 0.717) is 41.4 Å². The standard InChI is InChI=1S/C44H77NO5/c1-5-6-7-8-9-10-11-12-13-14-15-16-17-18-19-20-42(49)50-35-27-29-43(3)34(31-35)22-23-36-38-25-24-37(44(38,4)30-28-39(36)43)33(2)21-26-40(46)45-32-41(47)48/h33-39H,5-32H2,1-4H3,(H,45,46)(H,47,48). The smallest absolute Gasteiger partial charge is 0.322 e. The first-order chi connectivity index (χ1) is 24.1. The largest absolute Gasteiger partial charge is 0.480 e. The number of hydrogen-bond acceptors (Lipinski definition) is 4. The minimum absolute atomic E-state index is 0.0425. The SMILES string of the molecule is CCCCCCCCCCCCCCCCCC(=O)OC1CCC2(C)C(CCC3C2CCC2(C)C(C(C)CCC(=O)NCC(=O)O)CCC32)C1. The first kappa shape index (κ1) is 41.2. The number of rotatable bonds is 23. The number of aliphatic carboxylic acids is 1. The molecule has 4 rings (SSSR count). The molecule has 0 aliphatic heterocycles. The molecule has 1 amide bonds. The Morgan fingerprint density at radius 2 is 1.30 bits per heavy atom. The molecule has 6 nitrogen and oxygen atoms in total. The van der Waals surface area contributed by atoms with Gasteiger partial charge in [-0.1, -0.05) is 118 Å². The van der Waals surface area contributed by atoms with Crippen molar-refractivity contribution >= 4 is 17.8 Å². The predicted octanol–water partition coefficient (Wildman–Crippen LogP) is 11.4. The number of nitrogens with one attached hydrogen (secondary N) is 1. The van der Waals surface area contributed by atoms with E-state index in [9.17, 15) is 14.4 Å². The van der Waals surface area contributed by atoms with Crippen molar-refractivity contribution in [2.75, 3.05) is 6.54 Å². The highest BCUT2D eigenvalue weighted by Crippen LogP contribution is 2.68. The lowest BCUT2D eigenvalue weighted by Gasteiger charge is -2.61. The highest BCUT2D eigenvalue weighted by Gasteiger charge is 2.60. The summed E-state index contributed by atoms with van der Waals surface area (Å²) in [7, 11) is 0. The third kappa shape index (κ3) is 11.5. The molecule has 9 atom stereocenters. The van der Waals surface area contributed by atoms with E-state index in [1.807, 2.05) is 0 Å². The van der Waals surface area contributed by atoms with Crippen molar-refractivity contribution in [1.82, 2.24) is 5.32 Å². The van der Waals surface area contributed by atoms with E-state index in [-0.39, 0.29) is 24.5 Å². The minimum Gasteiger partial charge on any atom is -0.480 e. The maximum Gasteiger partial charge on any atom is 0.322 e. The molecular weight excluding hydrogens is 622 g/mol. The van der Waals surface area contributed by atoms with Crippen molar-refractivity contribution in [1.29, 1.82) is 0 Å². The Morgan fingerprint density at radius 3 is 1.92 bits per heavy atom. The first-order valence-electron chi connectivity index (χ1n) is 21.8. The van der Waals surface area contributed by atoms with Gasteiger partial charge in [0.2, 0.25) is 5.91 Å². The molecule has 6 heteroatoms. The highest BCUT2D eigenvalue weighted by molar-refractivity contribution is 5.81. The van der Waals surface area contributed by atoms with Crippen LogP contribution >= 0.6 is 0 Å². The number of carboxylic acid groups (broad SMARTS) is 1. The fourth-order valence-electron chi connectivity index (χ4n) is 12.0. The van der Waals surface area contributed by atoms with E-state index in [1.165, 1.54) is 128 Å². The predicted molar refractivity (Wildman–Crippen MR) is 204 cm³/mol. The molecule has 0 saturated heterocycles. The van der Waals surface area contributed by atoms with E-state index < -0.39 is 5.97 Å². The summed E-state index contributed by atoms with van der Waals surface area (Å²) < 4.78 is 6.14. The van der Waals surface area contributed by atoms with Gasteiger partial charge < -0.3 is 15.2 Å². The third-order valence-corrected chi connectivity index (χ3v) is 14.9. The summed E-state index contributed by atoms with van der Waals surface area (Å²) in [6.07, 6.45) is 33.1. The van der Waals surface area contributed by atoms with Gasteiger partial charge in [-0.25, -0.2) is 0 Å². The number of fused-ring (bicyclic) bond motifs is 5. The Kier molecular flexibility index (Phi) is 17.0. The summed E-state index contributed by atoms with van der Waals surface area (Å²) >= 11 is 0. The normalized spacial score (nSPS) is 32.4. The number of hydrogen-bond donors (Lipinski definition) is 2. The van der Waals surface area contributed by atoms with Gasteiger partial charge in [-0.05, 0) is 117 Å². The fraction of sp³-hybridized carbons (Fsp3) is 0.932. The summed E-state index contributed by atoms with van der Waals surface area (Å²) in [5.41, 5.74) is 0.717. The summed E-state index contributed by atoms with van der Waals surface area (Å²) in [5.74, 6) is 3.07. The molecule has 4 fully saturated rings. The molecule has 0 heterocycles. The van der Waals surface area contributed by atoms with E-state index >= 15 is 0 Å². The van der Waals surface area contributed by atoms with Crippen LogP contribution in [-0.4, -0.2) is 35.6 Å². The molecule has 0 spiro atoms. The van der Waals surface area contributed by atoms with Crippen LogP contribution in [0.15, 0.2) is 0 Å². The molecule has 0 aromatic heterocycles. The van der Waals surface area contributed by atoms with Crippen LogP contribution in [0.3, 0.4) is 0 Å². The Bertz CT molecular complexity index is 1050. The van der Waals surface area contributed by atoms with Gasteiger partial charge >= 0.3 is 11.9 Å². The van der Waals surface area contributed by atoms with Crippen LogP contribution in [0, 0.1) is 46.3 Å². The number of amides is 1. The summed E-state index contributed by atoms with van der Waals surface area (Å²) in [4.78, 5) is 35.9. The van der Waals surface area contributed by atoms with Crippen molar-refractivity contribution in [3.63, 3.8) is 0 Å².